The van der Waals surface area contributed by atoms with Crippen LogP contribution in [0.4, 0.5) is 0 Å². The fraction of sp³-hybridized carbons (Fsp3) is 1.00. The van der Waals surface area contributed by atoms with E-state index in [1.165, 1.54) is 45.2 Å². The molecule has 0 amide bonds. The lowest BCUT2D eigenvalue weighted by Crippen LogP contribution is -2.49. The SMILES string of the molecule is CCNC1CCC(C)(C)CC1CN1CCCC(CO)C1. The molecule has 0 aromatic rings. The zero-order chi connectivity index (χ0) is 14.6. The van der Waals surface area contributed by atoms with Gasteiger partial charge in [0.2, 0.25) is 0 Å². The maximum atomic E-state index is 9.39. The predicted molar refractivity (Wildman–Crippen MR) is 84.8 cm³/mol. The summed E-state index contributed by atoms with van der Waals surface area (Å²) in [6.07, 6.45) is 6.47. The first-order valence-electron chi connectivity index (χ1n) is 8.60. The maximum absolute atomic E-state index is 9.39. The molecule has 118 valence electrons. The molecule has 2 fully saturated rings. The van der Waals surface area contributed by atoms with Crippen molar-refractivity contribution in [3.63, 3.8) is 0 Å². The zero-order valence-corrected chi connectivity index (χ0v) is 13.7. The van der Waals surface area contributed by atoms with Gasteiger partial charge >= 0.3 is 0 Å². The van der Waals surface area contributed by atoms with Gasteiger partial charge in [-0.3, -0.25) is 0 Å². The van der Waals surface area contributed by atoms with Crippen LogP contribution >= 0.6 is 0 Å². The minimum atomic E-state index is 0.364. The second kappa shape index (κ2) is 7.24. The fourth-order valence-corrected chi connectivity index (χ4v) is 4.26. The largest absolute Gasteiger partial charge is 0.396 e. The number of nitrogens with zero attached hydrogens (tertiary/aromatic N) is 1. The van der Waals surface area contributed by atoms with E-state index in [0.29, 0.717) is 24.0 Å². The van der Waals surface area contributed by atoms with Crippen LogP contribution in [-0.4, -0.2) is 48.8 Å². The van der Waals surface area contributed by atoms with Crippen LogP contribution in [0.1, 0.15) is 52.9 Å². The number of aliphatic hydroxyl groups excluding tert-OH is 1. The normalized spacial score (nSPS) is 35.1. The van der Waals surface area contributed by atoms with Crippen LogP contribution in [0.25, 0.3) is 0 Å². The lowest BCUT2D eigenvalue weighted by atomic mass is 9.69. The van der Waals surface area contributed by atoms with E-state index in [2.05, 4.69) is 31.0 Å². The van der Waals surface area contributed by atoms with Crippen LogP contribution in [0.5, 0.6) is 0 Å². The van der Waals surface area contributed by atoms with E-state index >= 15 is 0 Å². The molecule has 20 heavy (non-hydrogen) atoms. The van der Waals surface area contributed by atoms with E-state index in [0.717, 1.165) is 19.0 Å². The van der Waals surface area contributed by atoms with Crippen molar-refractivity contribution >= 4 is 0 Å². The van der Waals surface area contributed by atoms with Crippen molar-refractivity contribution in [2.24, 2.45) is 17.3 Å². The van der Waals surface area contributed by atoms with Gasteiger partial charge in [0.1, 0.15) is 0 Å². The van der Waals surface area contributed by atoms with Crippen molar-refractivity contribution in [1.82, 2.24) is 10.2 Å². The highest BCUT2D eigenvalue weighted by Gasteiger charge is 2.35. The minimum Gasteiger partial charge on any atom is -0.396 e. The van der Waals surface area contributed by atoms with Crippen LogP contribution in [0, 0.1) is 17.3 Å². The molecule has 0 aromatic heterocycles. The van der Waals surface area contributed by atoms with Crippen molar-refractivity contribution in [3.8, 4) is 0 Å². The lowest BCUT2D eigenvalue weighted by Gasteiger charge is -2.44. The Bertz CT molecular complexity index is 293. The topological polar surface area (TPSA) is 35.5 Å². The van der Waals surface area contributed by atoms with Crippen LogP contribution in [-0.2, 0) is 0 Å². The van der Waals surface area contributed by atoms with E-state index in [9.17, 15) is 5.11 Å². The van der Waals surface area contributed by atoms with Gasteiger partial charge in [-0.05, 0) is 62.4 Å². The molecule has 1 saturated carbocycles. The van der Waals surface area contributed by atoms with Crippen LogP contribution in [0.2, 0.25) is 0 Å². The predicted octanol–water partition coefficient (Wildman–Crippen LogP) is 2.50. The highest BCUT2D eigenvalue weighted by atomic mass is 16.3. The molecule has 3 atom stereocenters. The molecule has 1 heterocycles. The molecule has 3 heteroatoms. The standard InChI is InChI=1S/C17H34N2O/c1-4-18-16-7-8-17(2,3)10-15(16)12-19-9-5-6-14(11-19)13-20/h14-16,18,20H,4-13H2,1-3H3. The summed E-state index contributed by atoms with van der Waals surface area (Å²) in [6, 6.07) is 0.697. The van der Waals surface area contributed by atoms with Gasteiger partial charge in [0.15, 0.2) is 0 Å². The quantitative estimate of drug-likeness (QED) is 0.813. The average molecular weight is 282 g/mol. The summed E-state index contributed by atoms with van der Waals surface area (Å²) in [7, 11) is 0. The molecule has 3 unspecified atom stereocenters. The Balaban J connectivity index is 1.92. The van der Waals surface area contributed by atoms with Crippen molar-refractivity contribution in [3.05, 3.63) is 0 Å². The number of nitrogens with one attached hydrogen (secondary N) is 1. The fourth-order valence-electron chi connectivity index (χ4n) is 4.26. The Kier molecular flexibility index (Phi) is 5.88. The van der Waals surface area contributed by atoms with Gasteiger partial charge < -0.3 is 15.3 Å². The third-order valence-corrected chi connectivity index (χ3v) is 5.34. The number of hydrogen-bond donors (Lipinski definition) is 2. The van der Waals surface area contributed by atoms with Crippen molar-refractivity contribution in [1.29, 1.82) is 0 Å². The smallest absolute Gasteiger partial charge is 0.0471 e. The molecule has 1 aliphatic carbocycles. The summed E-state index contributed by atoms with van der Waals surface area (Å²) in [5.41, 5.74) is 0.503. The summed E-state index contributed by atoms with van der Waals surface area (Å²) in [4.78, 5) is 2.61. The van der Waals surface area contributed by atoms with E-state index in [1.54, 1.807) is 0 Å². The summed E-state index contributed by atoms with van der Waals surface area (Å²) in [5, 5.41) is 13.1. The molecule has 2 rings (SSSR count). The number of likely N-dealkylation sites (tertiary alicyclic amines) is 1. The van der Waals surface area contributed by atoms with Gasteiger partial charge in [-0.1, -0.05) is 20.8 Å². The van der Waals surface area contributed by atoms with E-state index in [1.807, 2.05) is 0 Å². The van der Waals surface area contributed by atoms with Gasteiger partial charge in [0.25, 0.3) is 0 Å². The molecule has 2 N–H and O–H groups in total. The third kappa shape index (κ3) is 4.44. The summed E-state index contributed by atoms with van der Waals surface area (Å²) < 4.78 is 0. The van der Waals surface area contributed by atoms with Gasteiger partial charge in [0.05, 0.1) is 0 Å². The Hall–Kier alpha value is -0.120. The number of piperidine rings is 1. The van der Waals surface area contributed by atoms with Gasteiger partial charge in [-0.25, -0.2) is 0 Å². The molecule has 2 aliphatic rings. The van der Waals surface area contributed by atoms with Gasteiger partial charge in [0, 0.05) is 25.7 Å². The molecule has 0 spiro atoms. The first-order chi connectivity index (χ1) is 9.54. The van der Waals surface area contributed by atoms with Crippen LogP contribution in [0.15, 0.2) is 0 Å². The van der Waals surface area contributed by atoms with E-state index in [-0.39, 0.29) is 0 Å². The first kappa shape index (κ1) is 16.3. The number of rotatable bonds is 5. The second-order valence-corrected chi connectivity index (χ2v) is 7.78. The average Bonchev–Trinajstić information content (AvgIpc) is 2.42. The number of hydrogen-bond acceptors (Lipinski definition) is 3. The van der Waals surface area contributed by atoms with Crippen LogP contribution in [0.3, 0.4) is 0 Å². The Morgan fingerprint density at radius 1 is 1.30 bits per heavy atom. The summed E-state index contributed by atoms with van der Waals surface area (Å²) >= 11 is 0. The molecule has 0 aromatic carbocycles. The maximum Gasteiger partial charge on any atom is 0.0471 e. The van der Waals surface area contributed by atoms with E-state index in [4.69, 9.17) is 0 Å². The van der Waals surface area contributed by atoms with Crippen molar-refractivity contribution < 1.29 is 5.11 Å². The molecule has 3 nitrogen and oxygen atoms in total. The molecule has 1 saturated heterocycles. The van der Waals surface area contributed by atoms with Crippen LogP contribution < -0.4 is 5.32 Å². The lowest BCUT2D eigenvalue weighted by molar-refractivity contribution is 0.0664. The van der Waals surface area contributed by atoms with E-state index < -0.39 is 0 Å². The second-order valence-electron chi connectivity index (χ2n) is 7.78. The molecule has 0 radical (unpaired) electrons. The van der Waals surface area contributed by atoms with Gasteiger partial charge in [-0.2, -0.15) is 0 Å². The monoisotopic (exact) mass is 282 g/mol. The zero-order valence-electron chi connectivity index (χ0n) is 13.7. The molecule has 0 bridgehead atoms. The minimum absolute atomic E-state index is 0.364. The summed E-state index contributed by atoms with van der Waals surface area (Å²) in [5.74, 6) is 1.29. The highest BCUT2D eigenvalue weighted by molar-refractivity contribution is 4.90. The van der Waals surface area contributed by atoms with Crippen molar-refractivity contribution in [2.75, 3.05) is 32.8 Å². The Morgan fingerprint density at radius 2 is 2.10 bits per heavy atom. The van der Waals surface area contributed by atoms with Gasteiger partial charge in [-0.15, -0.1) is 0 Å². The van der Waals surface area contributed by atoms with Crippen molar-refractivity contribution in [2.45, 2.75) is 58.9 Å². The number of aliphatic hydroxyl groups is 1. The molecular formula is C17H34N2O. The highest BCUT2D eigenvalue weighted by Crippen LogP contribution is 2.39. The molecule has 1 aliphatic heterocycles. The first-order valence-corrected chi connectivity index (χ1v) is 8.60. The Morgan fingerprint density at radius 3 is 2.80 bits per heavy atom. The summed E-state index contributed by atoms with van der Waals surface area (Å²) in [6.45, 7) is 12.1. The Labute approximate surface area is 125 Å². The third-order valence-electron chi connectivity index (χ3n) is 5.34. The molecular weight excluding hydrogens is 248 g/mol.